The van der Waals surface area contributed by atoms with Crippen LogP contribution in [0.3, 0.4) is 0 Å². The molecule has 0 aromatic carbocycles. The van der Waals surface area contributed by atoms with Gasteiger partial charge < -0.3 is 15.0 Å². The quantitative estimate of drug-likeness (QED) is 0.903. The average Bonchev–Trinajstić information content (AvgIpc) is 2.64. The van der Waals surface area contributed by atoms with Crippen molar-refractivity contribution in [2.24, 2.45) is 0 Å². The molecule has 1 amide bonds. The lowest BCUT2D eigenvalue weighted by molar-refractivity contribution is 0.0563. The molecular formula is C14H21N3O2. The van der Waals surface area contributed by atoms with E-state index in [1.807, 2.05) is 24.8 Å². The summed E-state index contributed by atoms with van der Waals surface area (Å²) in [5.74, 6) is 0.689. The van der Waals surface area contributed by atoms with Crippen molar-refractivity contribution in [1.29, 1.82) is 0 Å². The van der Waals surface area contributed by atoms with E-state index in [0.717, 1.165) is 26.1 Å². The second kappa shape index (κ2) is 6.52. The first-order valence-electron chi connectivity index (χ1n) is 6.82. The summed E-state index contributed by atoms with van der Waals surface area (Å²) in [5, 5.41) is 3.13. The first-order chi connectivity index (χ1) is 9.22. The van der Waals surface area contributed by atoms with Gasteiger partial charge in [0.2, 0.25) is 0 Å². The maximum atomic E-state index is 12.6. The van der Waals surface area contributed by atoms with Crippen LogP contribution in [-0.4, -0.2) is 48.1 Å². The molecule has 5 nitrogen and oxygen atoms in total. The van der Waals surface area contributed by atoms with Gasteiger partial charge in [0, 0.05) is 32.4 Å². The molecule has 1 fully saturated rings. The number of pyridine rings is 1. The molecule has 5 heteroatoms. The fourth-order valence-corrected chi connectivity index (χ4v) is 2.24. The van der Waals surface area contributed by atoms with Gasteiger partial charge in [0.25, 0.3) is 5.91 Å². The maximum Gasteiger partial charge on any atom is 0.257 e. The minimum absolute atomic E-state index is 0.0291. The van der Waals surface area contributed by atoms with E-state index in [4.69, 9.17) is 4.74 Å². The van der Waals surface area contributed by atoms with Gasteiger partial charge in [-0.05, 0) is 32.4 Å². The van der Waals surface area contributed by atoms with Crippen molar-refractivity contribution in [3.8, 4) is 0 Å². The Hall–Kier alpha value is -1.62. The molecule has 0 bridgehead atoms. The number of carbonyl (C=O) groups is 1. The lowest BCUT2D eigenvalue weighted by atomic mass is 10.2. The Morgan fingerprint density at radius 3 is 3.26 bits per heavy atom. The number of rotatable bonds is 3. The molecule has 1 atom stereocenters. The van der Waals surface area contributed by atoms with Gasteiger partial charge in [-0.1, -0.05) is 0 Å². The van der Waals surface area contributed by atoms with E-state index in [0.29, 0.717) is 17.9 Å². The third-order valence-corrected chi connectivity index (χ3v) is 3.12. The summed E-state index contributed by atoms with van der Waals surface area (Å²) in [4.78, 5) is 18.7. The zero-order valence-electron chi connectivity index (χ0n) is 11.6. The Morgan fingerprint density at radius 1 is 1.63 bits per heavy atom. The van der Waals surface area contributed by atoms with Gasteiger partial charge in [-0.15, -0.1) is 0 Å². The molecule has 19 heavy (non-hydrogen) atoms. The van der Waals surface area contributed by atoms with Gasteiger partial charge in [-0.2, -0.15) is 0 Å². The monoisotopic (exact) mass is 263 g/mol. The third-order valence-electron chi connectivity index (χ3n) is 3.12. The highest BCUT2D eigenvalue weighted by Crippen LogP contribution is 2.16. The molecule has 0 radical (unpaired) electrons. The smallest absolute Gasteiger partial charge is 0.257 e. The number of carbonyl (C=O) groups excluding carboxylic acids is 1. The minimum atomic E-state index is 0.0291. The number of ether oxygens (including phenoxy) is 1. The molecule has 0 saturated carbocycles. The zero-order chi connectivity index (χ0) is 13.7. The van der Waals surface area contributed by atoms with Crippen molar-refractivity contribution in [2.75, 3.05) is 31.6 Å². The molecule has 1 aliphatic rings. The van der Waals surface area contributed by atoms with Crippen LogP contribution < -0.4 is 5.32 Å². The Labute approximate surface area is 114 Å². The van der Waals surface area contributed by atoms with Crippen LogP contribution >= 0.6 is 0 Å². The summed E-state index contributed by atoms with van der Waals surface area (Å²) in [6.07, 6.45) is 2.67. The summed E-state index contributed by atoms with van der Waals surface area (Å²) in [6.45, 7) is 6.84. The zero-order valence-corrected chi connectivity index (χ0v) is 11.6. The predicted octanol–water partition coefficient (Wildman–Crippen LogP) is 1.76. The van der Waals surface area contributed by atoms with Gasteiger partial charge in [-0.3, -0.25) is 4.79 Å². The number of aromatic nitrogens is 1. The van der Waals surface area contributed by atoms with E-state index in [9.17, 15) is 4.79 Å². The SMILES string of the molecule is CCNc1ncccc1C(=O)N1CCCOC(C)C1. The maximum absolute atomic E-state index is 12.6. The summed E-state index contributed by atoms with van der Waals surface area (Å²) in [6, 6.07) is 3.62. The van der Waals surface area contributed by atoms with Crippen LogP contribution in [0, 0.1) is 0 Å². The van der Waals surface area contributed by atoms with Crippen molar-refractivity contribution in [2.45, 2.75) is 26.4 Å². The molecular weight excluding hydrogens is 242 g/mol. The molecule has 2 rings (SSSR count). The highest BCUT2D eigenvalue weighted by Gasteiger charge is 2.23. The van der Waals surface area contributed by atoms with Gasteiger partial charge in [0.15, 0.2) is 0 Å². The van der Waals surface area contributed by atoms with Crippen molar-refractivity contribution >= 4 is 11.7 Å². The molecule has 1 saturated heterocycles. The molecule has 0 aliphatic carbocycles. The van der Waals surface area contributed by atoms with E-state index >= 15 is 0 Å². The van der Waals surface area contributed by atoms with Crippen LogP contribution in [0.15, 0.2) is 18.3 Å². The van der Waals surface area contributed by atoms with Crippen molar-refractivity contribution < 1.29 is 9.53 Å². The predicted molar refractivity (Wildman–Crippen MR) is 74.3 cm³/mol. The molecule has 1 aliphatic heterocycles. The lowest BCUT2D eigenvalue weighted by Crippen LogP contribution is -2.36. The number of hydrogen-bond donors (Lipinski definition) is 1. The molecule has 2 heterocycles. The normalized spacial score (nSPS) is 19.9. The van der Waals surface area contributed by atoms with Gasteiger partial charge in [-0.25, -0.2) is 4.98 Å². The summed E-state index contributed by atoms with van der Waals surface area (Å²) < 4.78 is 5.57. The van der Waals surface area contributed by atoms with Crippen molar-refractivity contribution in [3.05, 3.63) is 23.9 Å². The van der Waals surface area contributed by atoms with Crippen LogP contribution in [0.2, 0.25) is 0 Å². The fourth-order valence-electron chi connectivity index (χ4n) is 2.24. The minimum Gasteiger partial charge on any atom is -0.377 e. The third kappa shape index (κ3) is 3.44. The van der Waals surface area contributed by atoms with Crippen LogP contribution in [0.25, 0.3) is 0 Å². The van der Waals surface area contributed by atoms with E-state index < -0.39 is 0 Å². The highest BCUT2D eigenvalue weighted by molar-refractivity contribution is 5.98. The van der Waals surface area contributed by atoms with Crippen LogP contribution in [-0.2, 0) is 4.74 Å². The largest absolute Gasteiger partial charge is 0.377 e. The summed E-state index contributed by atoms with van der Waals surface area (Å²) in [5.41, 5.74) is 0.637. The molecule has 1 unspecified atom stereocenters. The first kappa shape index (κ1) is 13.8. The summed E-state index contributed by atoms with van der Waals surface area (Å²) in [7, 11) is 0. The Balaban J connectivity index is 2.18. The molecule has 1 aromatic heterocycles. The van der Waals surface area contributed by atoms with Gasteiger partial charge in [0.05, 0.1) is 11.7 Å². The van der Waals surface area contributed by atoms with Crippen LogP contribution in [0.1, 0.15) is 30.6 Å². The molecule has 104 valence electrons. The first-order valence-corrected chi connectivity index (χ1v) is 6.82. The lowest BCUT2D eigenvalue weighted by Gasteiger charge is -2.23. The highest BCUT2D eigenvalue weighted by atomic mass is 16.5. The van der Waals surface area contributed by atoms with Crippen molar-refractivity contribution in [1.82, 2.24) is 9.88 Å². The number of nitrogens with one attached hydrogen (secondary N) is 1. The van der Waals surface area contributed by atoms with Crippen molar-refractivity contribution in [3.63, 3.8) is 0 Å². The average molecular weight is 263 g/mol. The standard InChI is InChI=1S/C14H21N3O2/c1-3-15-13-12(6-4-7-16-13)14(18)17-8-5-9-19-11(2)10-17/h4,6-7,11H,3,5,8-10H2,1-2H3,(H,15,16). The molecule has 0 spiro atoms. The van der Waals surface area contributed by atoms with Gasteiger partial charge in [0.1, 0.15) is 5.82 Å². The number of hydrogen-bond acceptors (Lipinski definition) is 4. The fraction of sp³-hybridized carbons (Fsp3) is 0.571. The Morgan fingerprint density at radius 2 is 2.47 bits per heavy atom. The van der Waals surface area contributed by atoms with E-state index in [1.54, 1.807) is 12.3 Å². The summed E-state index contributed by atoms with van der Waals surface area (Å²) >= 11 is 0. The van der Waals surface area contributed by atoms with E-state index in [2.05, 4.69) is 10.3 Å². The van der Waals surface area contributed by atoms with Crippen LogP contribution in [0.5, 0.6) is 0 Å². The Kier molecular flexibility index (Phi) is 4.74. The second-order valence-electron chi connectivity index (χ2n) is 4.72. The van der Waals surface area contributed by atoms with Crippen LogP contribution in [0.4, 0.5) is 5.82 Å². The number of nitrogens with zero attached hydrogens (tertiary/aromatic N) is 2. The molecule has 1 aromatic rings. The number of amides is 1. The van der Waals surface area contributed by atoms with Gasteiger partial charge >= 0.3 is 0 Å². The van der Waals surface area contributed by atoms with E-state index in [-0.39, 0.29) is 12.0 Å². The molecule has 1 N–H and O–H groups in total. The van der Waals surface area contributed by atoms with E-state index in [1.165, 1.54) is 0 Å². The topological polar surface area (TPSA) is 54.5 Å². The number of anilines is 1. The second-order valence-corrected chi connectivity index (χ2v) is 4.72. The Bertz CT molecular complexity index is 436.